The third kappa shape index (κ3) is 33.6. The predicted molar refractivity (Wildman–Crippen MR) is 211 cm³/mol. The van der Waals surface area contributed by atoms with Crippen LogP contribution in [0.4, 0.5) is 0 Å². The molecular weight excluding hydrogens is 642 g/mol. The zero-order valence-corrected chi connectivity index (χ0v) is 34.1. The maximum absolute atomic E-state index is 12.7. The summed E-state index contributed by atoms with van der Waals surface area (Å²) in [6.07, 6.45) is 35.4. The van der Waals surface area contributed by atoms with Crippen molar-refractivity contribution in [2.75, 3.05) is 41.0 Å². The summed E-state index contributed by atoms with van der Waals surface area (Å²) in [7, 11) is 5.52. The maximum atomic E-state index is 12.7. The predicted octanol–water partition coefficient (Wildman–Crippen LogP) is 11.1. The lowest BCUT2D eigenvalue weighted by molar-refractivity contribution is -0.887. The Bertz CT molecular complexity index is 854. The van der Waals surface area contributed by atoms with Crippen molar-refractivity contribution in [1.29, 1.82) is 0 Å². The number of hydrogen-bond acceptors (Lipinski definition) is 6. The Morgan fingerprint density at radius 1 is 0.569 bits per heavy atom. The van der Waals surface area contributed by atoms with Crippen LogP contribution < -0.4 is 0 Å². The van der Waals surface area contributed by atoms with Crippen molar-refractivity contribution in [3.05, 3.63) is 12.2 Å². The van der Waals surface area contributed by atoms with Gasteiger partial charge < -0.3 is 23.8 Å². The van der Waals surface area contributed by atoms with Gasteiger partial charge in [0, 0.05) is 19.3 Å². The Kier molecular flexibility index (Phi) is 33.8. The van der Waals surface area contributed by atoms with Crippen LogP contribution in [-0.2, 0) is 28.6 Å². The Morgan fingerprint density at radius 2 is 0.980 bits per heavy atom. The summed E-state index contributed by atoms with van der Waals surface area (Å²) in [6, 6.07) is -0.609. The van der Waals surface area contributed by atoms with Crippen LogP contribution in [0.3, 0.4) is 0 Å². The molecule has 0 rings (SSSR count). The van der Waals surface area contributed by atoms with E-state index in [0.29, 0.717) is 19.3 Å². The lowest BCUT2D eigenvalue weighted by Gasteiger charge is -2.31. The van der Waals surface area contributed by atoms with Gasteiger partial charge in [-0.15, -0.1) is 0 Å². The molecule has 51 heavy (non-hydrogen) atoms. The van der Waals surface area contributed by atoms with E-state index in [1.54, 1.807) is 0 Å². The fourth-order valence-electron chi connectivity index (χ4n) is 6.32. The number of nitrogens with zero attached hydrogens (tertiary/aromatic N) is 1. The number of ether oxygens (including phenoxy) is 3. The second-order valence-electron chi connectivity index (χ2n) is 15.6. The number of quaternary nitrogens is 1. The summed E-state index contributed by atoms with van der Waals surface area (Å²) in [5.74, 6) is -1.46. The van der Waals surface area contributed by atoms with Crippen molar-refractivity contribution < 1.29 is 38.2 Å². The van der Waals surface area contributed by atoms with Crippen LogP contribution in [0.15, 0.2) is 12.2 Å². The number of aliphatic carboxylic acids is 1. The van der Waals surface area contributed by atoms with E-state index in [0.717, 1.165) is 38.5 Å². The number of carbonyl (C=O) groups excluding carboxylic acids is 2. The molecule has 0 aliphatic carbocycles. The fraction of sp³-hybridized carbons (Fsp3) is 0.884. The standard InChI is InChI=1S/C43H81NO7/c1-6-8-10-12-14-16-17-18-19-20-21-22-23-24-25-26-28-30-32-34-42(46)51-39(37-49-36-35-40(43(47)48)44(3,4)5)38-50-41(45)33-31-29-27-15-13-11-9-7-2/h18-19,39-40H,6-17,20-38H2,1-5H3/p+1/b19-18-. The Balaban J connectivity index is 4.25. The van der Waals surface area contributed by atoms with Crippen LogP contribution in [0.1, 0.15) is 194 Å². The third-order valence-corrected chi connectivity index (χ3v) is 9.66. The Hall–Kier alpha value is -1.93. The maximum Gasteiger partial charge on any atom is 0.362 e. The van der Waals surface area contributed by atoms with Gasteiger partial charge in [-0.05, 0) is 38.5 Å². The van der Waals surface area contributed by atoms with Crippen LogP contribution >= 0.6 is 0 Å². The zero-order chi connectivity index (χ0) is 37.8. The molecule has 0 aliphatic heterocycles. The van der Waals surface area contributed by atoms with E-state index in [-0.39, 0.29) is 36.2 Å². The summed E-state index contributed by atoms with van der Waals surface area (Å²) in [4.78, 5) is 36.8. The van der Waals surface area contributed by atoms with Gasteiger partial charge in [0.05, 0.1) is 34.4 Å². The first-order valence-electron chi connectivity index (χ1n) is 21.2. The van der Waals surface area contributed by atoms with Gasteiger partial charge in [0.2, 0.25) is 0 Å². The number of carbonyl (C=O) groups is 3. The van der Waals surface area contributed by atoms with Gasteiger partial charge in [-0.3, -0.25) is 9.59 Å². The quantitative estimate of drug-likeness (QED) is 0.0293. The monoisotopic (exact) mass is 725 g/mol. The number of esters is 2. The minimum absolute atomic E-state index is 0.0469. The second kappa shape index (κ2) is 35.1. The first kappa shape index (κ1) is 49.1. The molecule has 2 unspecified atom stereocenters. The molecule has 8 heteroatoms. The van der Waals surface area contributed by atoms with Crippen molar-refractivity contribution in [2.24, 2.45) is 0 Å². The molecule has 0 saturated heterocycles. The highest BCUT2D eigenvalue weighted by molar-refractivity contribution is 5.72. The second-order valence-corrected chi connectivity index (χ2v) is 15.6. The first-order chi connectivity index (χ1) is 24.6. The van der Waals surface area contributed by atoms with Crippen molar-refractivity contribution in [3.8, 4) is 0 Å². The van der Waals surface area contributed by atoms with E-state index >= 15 is 0 Å². The minimum atomic E-state index is -0.874. The lowest BCUT2D eigenvalue weighted by atomic mass is 10.1. The molecule has 0 fully saturated rings. The molecule has 0 saturated carbocycles. The lowest BCUT2D eigenvalue weighted by Crippen LogP contribution is -2.50. The molecule has 300 valence electrons. The molecule has 2 atom stereocenters. The summed E-state index contributed by atoms with van der Waals surface area (Å²) in [6.45, 7) is 4.71. The molecular formula is C43H82NO7+. The normalized spacial score (nSPS) is 13.0. The summed E-state index contributed by atoms with van der Waals surface area (Å²) < 4.78 is 17.2. The van der Waals surface area contributed by atoms with Crippen molar-refractivity contribution in [3.63, 3.8) is 0 Å². The number of carboxylic acids is 1. The fourth-order valence-corrected chi connectivity index (χ4v) is 6.32. The molecule has 0 amide bonds. The van der Waals surface area contributed by atoms with Crippen LogP contribution in [0.25, 0.3) is 0 Å². The van der Waals surface area contributed by atoms with Crippen LogP contribution in [-0.4, -0.2) is 80.6 Å². The van der Waals surface area contributed by atoms with Gasteiger partial charge in [0.15, 0.2) is 12.1 Å². The molecule has 0 radical (unpaired) electrons. The van der Waals surface area contributed by atoms with Crippen molar-refractivity contribution in [2.45, 2.75) is 206 Å². The molecule has 8 nitrogen and oxygen atoms in total. The molecule has 0 bridgehead atoms. The SMILES string of the molecule is CCCCCCCC/C=C\CCCCCCCCCCCC(=O)OC(COCCC(C(=O)O)[N+](C)(C)C)COC(=O)CCCCCCCCCC. The number of likely N-dealkylation sites (N-methyl/N-ethyl adjacent to an activating group) is 1. The van der Waals surface area contributed by atoms with Crippen LogP contribution in [0, 0.1) is 0 Å². The highest BCUT2D eigenvalue weighted by atomic mass is 16.6. The Labute approximate surface area is 314 Å². The van der Waals surface area contributed by atoms with E-state index in [4.69, 9.17) is 14.2 Å². The average Bonchev–Trinajstić information content (AvgIpc) is 3.08. The van der Waals surface area contributed by atoms with E-state index in [9.17, 15) is 19.5 Å². The van der Waals surface area contributed by atoms with Crippen molar-refractivity contribution in [1.82, 2.24) is 0 Å². The molecule has 0 aromatic heterocycles. The topological polar surface area (TPSA) is 99.1 Å². The van der Waals surface area contributed by atoms with Gasteiger partial charge in [0.1, 0.15) is 6.61 Å². The highest BCUT2D eigenvalue weighted by Gasteiger charge is 2.31. The van der Waals surface area contributed by atoms with E-state index in [1.807, 2.05) is 21.1 Å². The Morgan fingerprint density at radius 3 is 1.41 bits per heavy atom. The van der Waals surface area contributed by atoms with Gasteiger partial charge in [0.25, 0.3) is 0 Å². The third-order valence-electron chi connectivity index (χ3n) is 9.66. The first-order valence-corrected chi connectivity index (χ1v) is 21.2. The molecule has 0 heterocycles. The molecule has 0 aromatic rings. The number of carboxylic acid groups (broad SMARTS) is 1. The summed E-state index contributed by atoms with van der Waals surface area (Å²) in [5.41, 5.74) is 0. The van der Waals surface area contributed by atoms with Gasteiger partial charge in [-0.2, -0.15) is 0 Å². The average molecular weight is 725 g/mol. The number of rotatable bonds is 38. The van der Waals surface area contributed by atoms with Crippen molar-refractivity contribution >= 4 is 17.9 Å². The van der Waals surface area contributed by atoms with E-state index in [2.05, 4.69) is 26.0 Å². The number of hydrogen-bond donors (Lipinski definition) is 1. The van der Waals surface area contributed by atoms with Gasteiger partial charge in [-0.25, -0.2) is 4.79 Å². The van der Waals surface area contributed by atoms with Gasteiger partial charge >= 0.3 is 17.9 Å². The minimum Gasteiger partial charge on any atom is -0.477 e. The van der Waals surface area contributed by atoms with Crippen LogP contribution in [0.5, 0.6) is 0 Å². The molecule has 0 aromatic carbocycles. The summed E-state index contributed by atoms with van der Waals surface area (Å²) >= 11 is 0. The summed E-state index contributed by atoms with van der Waals surface area (Å²) in [5, 5.41) is 9.59. The highest BCUT2D eigenvalue weighted by Crippen LogP contribution is 2.15. The molecule has 0 spiro atoms. The smallest absolute Gasteiger partial charge is 0.362 e. The zero-order valence-electron chi connectivity index (χ0n) is 34.1. The molecule has 1 N–H and O–H groups in total. The largest absolute Gasteiger partial charge is 0.477 e. The van der Waals surface area contributed by atoms with Gasteiger partial charge in [-0.1, -0.05) is 148 Å². The number of unbranched alkanes of at least 4 members (excludes halogenated alkanes) is 22. The number of allylic oxidation sites excluding steroid dienone is 2. The van der Waals surface area contributed by atoms with E-state index < -0.39 is 18.1 Å². The van der Waals surface area contributed by atoms with E-state index in [1.165, 1.54) is 122 Å². The molecule has 0 aliphatic rings. The van der Waals surface area contributed by atoms with Crippen LogP contribution in [0.2, 0.25) is 0 Å².